The Balaban J connectivity index is 1.32. The van der Waals surface area contributed by atoms with Crippen LogP contribution in [-0.4, -0.2) is 25.3 Å². The molecule has 0 fully saturated rings. The number of benzene rings is 2. The minimum atomic E-state index is -0.187. The Bertz CT molecular complexity index is 824. The molecule has 0 saturated heterocycles. The first-order valence-corrected chi connectivity index (χ1v) is 8.36. The summed E-state index contributed by atoms with van der Waals surface area (Å²) < 4.78 is 16.4. The molecule has 0 radical (unpaired) electrons. The molecule has 1 N–H and O–H groups in total. The van der Waals surface area contributed by atoms with Crippen molar-refractivity contribution in [3.05, 3.63) is 58.6 Å². The van der Waals surface area contributed by atoms with E-state index >= 15 is 0 Å². The minimum Gasteiger partial charge on any atom is -0.488 e. The lowest BCUT2D eigenvalue weighted by Gasteiger charge is -2.10. The summed E-state index contributed by atoms with van der Waals surface area (Å²) in [5.74, 6) is 1.84. The highest BCUT2D eigenvalue weighted by Gasteiger charge is 2.22. The Labute approximate surface area is 150 Å². The fourth-order valence-electron chi connectivity index (χ4n) is 2.90. The van der Waals surface area contributed by atoms with E-state index in [0.29, 0.717) is 23.1 Å². The standard InChI is InChI=1S/C19H16ClNO4/c20-15-7-12(8-17-19(15)24-11-23-17)5-6-18(22)21-10-14-9-13-3-1-2-4-16(13)25-14/h1-8,14H,9-11H2,(H,21,22)/b6-5+/t14-/m0/s1. The second kappa shape index (κ2) is 6.69. The first kappa shape index (κ1) is 15.8. The predicted octanol–water partition coefficient (Wildman–Crippen LogP) is 3.20. The highest BCUT2D eigenvalue weighted by atomic mass is 35.5. The molecule has 0 aromatic heterocycles. The minimum absolute atomic E-state index is 0.0327. The number of nitrogens with one attached hydrogen (secondary N) is 1. The van der Waals surface area contributed by atoms with Crippen molar-refractivity contribution in [3.8, 4) is 17.2 Å². The average molecular weight is 358 g/mol. The topological polar surface area (TPSA) is 56.8 Å². The summed E-state index contributed by atoms with van der Waals surface area (Å²) >= 11 is 6.13. The molecule has 2 aliphatic heterocycles. The van der Waals surface area contributed by atoms with Crippen molar-refractivity contribution in [2.75, 3.05) is 13.3 Å². The first-order chi connectivity index (χ1) is 12.2. The second-order valence-electron chi connectivity index (χ2n) is 5.87. The van der Waals surface area contributed by atoms with E-state index in [9.17, 15) is 4.79 Å². The molecule has 2 heterocycles. The van der Waals surface area contributed by atoms with E-state index in [1.54, 1.807) is 18.2 Å². The summed E-state index contributed by atoms with van der Waals surface area (Å²) in [6, 6.07) is 11.4. The molecule has 1 amide bonds. The largest absolute Gasteiger partial charge is 0.488 e. The zero-order valence-corrected chi connectivity index (χ0v) is 14.1. The number of carbonyl (C=O) groups is 1. The Morgan fingerprint density at radius 3 is 3.00 bits per heavy atom. The van der Waals surface area contributed by atoms with Crippen LogP contribution in [0.2, 0.25) is 5.02 Å². The van der Waals surface area contributed by atoms with Gasteiger partial charge in [0.25, 0.3) is 0 Å². The van der Waals surface area contributed by atoms with Crippen molar-refractivity contribution in [1.82, 2.24) is 5.32 Å². The molecule has 2 aromatic carbocycles. The molecular weight excluding hydrogens is 342 g/mol. The smallest absolute Gasteiger partial charge is 0.244 e. The van der Waals surface area contributed by atoms with Gasteiger partial charge in [-0.05, 0) is 35.4 Å². The van der Waals surface area contributed by atoms with E-state index in [-0.39, 0.29) is 18.8 Å². The number of amides is 1. The fraction of sp³-hybridized carbons (Fsp3) is 0.211. The highest BCUT2D eigenvalue weighted by molar-refractivity contribution is 6.32. The van der Waals surface area contributed by atoms with Crippen LogP contribution in [0, 0.1) is 0 Å². The Hall–Kier alpha value is -2.66. The summed E-state index contributed by atoms with van der Waals surface area (Å²) in [5.41, 5.74) is 1.95. The van der Waals surface area contributed by atoms with Crippen LogP contribution in [0.5, 0.6) is 17.2 Å². The lowest BCUT2D eigenvalue weighted by molar-refractivity contribution is -0.116. The van der Waals surface area contributed by atoms with Crippen molar-refractivity contribution < 1.29 is 19.0 Å². The van der Waals surface area contributed by atoms with Crippen LogP contribution in [0.4, 0.5) is 0 Å². The predicted molar refractivity (Wildman–Crippen MR) is 94.2 cm³/mol. The van der Waals surface area contributed by atoms with E-state index in [0.717, 1.165) is 17.7 Å². The van der Waals surface area contributed by atoms with Crippen molar-refractivity contribution in [2.24, 2.45) is 0 Å². The van der Waals surface area contributed by atoms with Gasteiger partial charge in [-0.3, -0.25) is 4.79 Å². The van der Waals surface area contributed by atoms with Crippen LogP contribution in [0.3, 0.4) is 0 Å². The maximum Gasteiger partial charge on any atom is 0.244 e. The number of ether oxygens (including phenoxy) is 3. The lowest BCUT2D eigenvalue weighted by atomic mass is 10.1. The van der Waals surface area contributed by atoms with Gasteiger partial charge in [0.1, 0.15) is 11.9 Å². The van der Waals surface area contributed by atoms with Gasteiger partial charge < -0.3 is 19.5 Å². The normalized spacial score (nSPS) is 17.4. The monoisotopic (exact) mass is 357 g/mol. The van der Waals surface area contributed by atoms with Crippen LogP contribution in [0.15, 0.2) is 42.5 Å². The van der Waals surface area contributed by atoms with Crippen molar-refractivity contribution >= 4 is 23.6 Å². The zero-order valence-electron chi connectivity index (χ0n) is 13.3. The van der Waals surface area contributed by atoms with E-state index in [1.165, 1.54) is 11.6 Å². The van der Waals surface area contributed by atoms with E-state index in [4.69, 9.17) is 25.8 Å². The van der Waals surface area contributed by atoms with E-state index in [1.807, 2.05) is 24.3 Å². The van der Waals surface area contributed by atoms with Gasteiger partial charge in [-0.2, -0.15) is 0 Å². The van der Waals surface area contributed by atoms with Gasteiger partial charge in [0.2, 0.25) is 12.7 Å². The molecule has 2 aliphatic rings. The Morgan fingerprint density at radius 2 is 2.12 bits per heavy atom. The third-order valence-corrected chi connectivity index (χ3v) is 4.38. The van der Waals surface area contributed by atoms with Gasteiger partial charge in [-0.25, -0.2) is 0 Å². The molecule has 0 aliphatic carbocycles. The Morgan fingerprint density at radius 1 is 1.24 bits per heavy atom. The van der Waals surface area contributed by atoms with Crippen LogP contribution >= 0.6 is 11.6 Å². The SMILES string of the molecule is O=C(/C=C/c1cc(Cl)c2c(c1)OCO2)NC[C@@H]1Cc2ccccc2O1. The summed E-state index contributed by atoms with van der Waals surface area (Å²) in [4.78, 5) is 12.0. The summed E-state index contributed by atoms with van der Waals surface area (Å²) in [5, 5.41) is 3.32. The van der Waals surface area contributed by atoms with Gasteiger partial charge >= 0.3 is 0 Å². The molecule has 6 heteroatoms. The van der Waals surface area contributed by atoms with Gasteiger partial charge in [0.05, 0.1) is 11.6 Å². The summed E-state index contributed by atoms with van der Waals surface area (Å²) in [6.07, 6.45) is 3.93. The van der Waals surface area contributed by atoms with E-state index in [2.05, 4.69) is 5.32 Å². The number of para-hydroxylation sites is 1. The zero-order chi connectivity index (χ0) is 17.2. The number of halogens is 1. The molecule has 0 spiro atoms. The number of rotatable bonds is 4. The van der Waals surface area contributed by atoms with Crippen LogP contribution in [-0.2, 0) is 11.2 Å². The molecule has 0 unspecified atom stereocenters. The third kappa shape index (κ3) is 3.42. The average Bonchev–Trinajstić information content (AvgIpc) is 3.24. The highest BCUT2D eigenvalue weighted by Crippen LogP contribution is 2.40. The van der Waals surface area contributed by atoms with Gasteiger partial charge in [0, 0.05) is 12.5 Å². The molecular formula is C19H16ClNO4. The molecule has 5 nitrogen and oxygen atoms in total. The molecule has 0 bridgehead atoms. The molecule has 128 valence electrons. The maximum atomic E-state index is 12.0. The van der Waals surface area contributed by atoms with Crippen LogP contribution in [0.1, 0.15) is 11.1 Å². The second-order valence-corrected chi connectivity index (χ2v) is 6.27. The summed E-state index contributed by atoms with van der Waals surface area (Å²) in [7, 11) is 0. The first-order valence-electron chi connectivity index (χ1n) is 7.98. The summed E-state index contributed by atoms with van der Waals surface area (Å²) in [6.45, 7) is 0.617. The molecule has 0 saturated carbocycles. The fourth-order valence-corrected chi connectivity index (χ4v) is 3.17. The third-order valence-electron chi connectivity index (χ3n) is 4.09. The quantitative estimate of drug-likeness (QED) is 0.854. The van der Waals surface area contributed by atoms with Crippen LogP contribution < -0.4 is 19.5 Å². The number of hydrogen-bond donors (Lipinski definition) is 1. The number of hydrogen-bond acceptors (Lipinski definition) is 4. The van der Waals surface area contributed by atoms with Crippen molar-refractivity contribution in [1.29, 1.82) is 0 Å². The molecule has 25 heavy (non-hydrogen) atoms. The van der Waals surface area contributed by atoms with E-state index < -0.39 is 0 Å². The lowest BCUT2D eigenvalue weighted by Crippen LogP contribution is -2.33. The molecule has 2 aromatic rings. The number of carbonyl (C=O) groups excluding carboxylic acids is 1. The molecule has 1 atom stereocenters. The van der Waals surface area contributed by atoms with Gasteiger partial charge in [0.15, 0.2) is 11.5 Å². The van der Waals surface area contributed by atoms with Crippen molar-refractivity contribution in [3.63, 3.8) is 0 Å². The van der Waals surface area contributed by atoms with Crippen LogP contribution in [0.25, 0.3) is 6.08 Å². The number of fused-ring (bicyclic) bond motifs is 2. The van der Waals surface area contributed by atoms with Crippen molar-refractivity contribution in [2.45, 2.75) is 12.5 Å². The maximum absolute atomic E-state index is 12.0. The molecule has 4 rings (SSSR count). The van der Waals surface area contributed by atoms with Gasteiger partial charge in [-0.1, -0.05) is 29.8 Å². The van der Waals surface area contributed by atoms with Gasteiger partial charge in [-0.15, -0.1) is 0 Å². The Kier molecular flexibility index (Phi) is 4.24.